The first-order chi connectivity index (χ1) is 6.91. The summed E-state index contributed by atoms with van der Waals surface area (Å²) in [6.07, 6.45) is -3.02. The van der Waals surface area contributed by atoms with Gasteiger partial charge in [0, 0.05) is 3.57 Å². The smallest absolute Gasteiger partial charge is 0.309 e. The fourth-order valence-corrected chi connectivity index (χ4v) is 2.11. The number of carbonyl (C=O) groups is 1. The van der Waals surface area contributed by atoms with E-state index in [-0.39, 0.29) is 17.8 Å². The van der Waals surface area contributed by atoms with Crippen molar-refractivity contribution in [3.8, 4) is 0 Å². The highest BCUT2D eigenvalue weighted by atomic mass is 127. The molecule has 1 aromatic heterocycles. The van der Waals surface area contributed by atoms with Crippen LogP contribution in [0.1, 0.15) is 17.8 Å². The van der Waals surface area contributed by atoms with Crippen molar-refractivity contribution in [2.45, 2.75) is 12.8 Å². The summed E-state index contributed by atoms with van der Waals surface area (Å²) in [5.41, 5.74) is -0.193. The molecular formula is C8H5F2I2NO2. The number of aliphatic carboxylic acids is 1. The van der Waals surface area contributed by atoms with Gasteiger partial charge in [-0.25, -0.2) is 8.78 Å². The Labute approximate surface area is 112 Å². The summed E-state index contributed by atoms with van der Waals surface area (Å²) >= 11 is 3.65. The average Bonchev–Trinajstić information content (AvgIpc) is 2.09. The van der Waals surface area contributed by atoms with Crippen LogP contribution in [0, 0.1) is 7.14 Å². The predicted molar refractivity (Wildman–Crippen MR) is 66.0 cm³/mol. The van der Waals surface area contributed by atoms with Crippen LogP contribution in [0.15, 0.2) is 6.07 Å². The lowest BCUT2D eigenvalue weighted by Gasteiger charge is -2.07. The van der Waals surface area contributed by atoms with Crippen molar-refractivity contribution < 1.29 is 18.7 Å². The normalized spacial score (nSPS) is 10.7. The summed E-state index contributed by atoms with van der Waals surface area (Å²) in [7, 11) is 0. The summed E-state index contributed by atoms with van der Waals surface area (Å²) in [6, 6.07) is 1.50. The van der Waals surface area contributed by atoms with Gasteiger partial charge in [0.1, 0.15) is 5.69 Å². The number of carboxylic acids is 1. The van der Waals surface area contributed by atoms with Gasteiger partial charge in [0.25, 0.3) is 6.43 Å². The zero-order chi connectivity index (χ0) is 11.6. The van der Waals surface area contributed by atoms with Gasteiger partial charge in [0.2, 0.25) is 0 Å². The average molecular weight is 439 g/mol. The number of alkyl halides is 2. The number of hydrogen-bond acceptors (Lipinski definition) is 2. The predicted octanol–water partition coefficient (Wildman–Crippen LogP) is 2.86. The summed E-state index contributed by atoms with van der Waals surface area (Å²) in [6.45, 7) is 0. The molecule has 1 aromatic rings. The van der Waals surface area contributed by atoms with Gasteiger partial charge in [-0.3, -0.25) is 9.78 Å². The highest BCUT2D eigenvalue weighted by molar-refractivity contribution is 14.1. The van der Waals surface area contributed by atoms with Gasteiger partial charge in [-0.2, -0.15) is 0 Å². The minimum atomic E-state index is -2.68. The minimum absolute atomic E-state index is 0.155. The van der Waals surface area contributed by atoms with Crippen LogP contribution in [0.25, 0.3) is 0 Å². The number of hydrogen-bond donors (Lipinski definition) is 1. The Morgan fingerprint density at radius 2 is 2.13 bits per heavy atom. The van der Waals surface area contributed by atoms with E-state index in [4.69, 9.17) is 5.11 Å². The summed E-state index contributed by atoms with van der Waals surface area (Å²) in [5, 5.41) is 8.52. The van der Waals surface area contributed by atoms with Gasteiger partial charge in [-0.1, -0.05) is 0 Å². The topological polar surface area (TPSA) is 50.2 Å². The number of pyridine rings is 1. The summed E-state index contributed by atoms with van der Waals surface area (Å²) in [5.74, 6) is -1.08. The lowest BCUT2D eigenvalue weighted by atomic mass is 10.2. The third kappa shape index (κ3) is 3.47. The Morgan fingerprint density at radius 1 is 1.53 bits per heavy atom. The number of aromatic nitrogens is 1. The molecule has 3 nitrogen and oxygen atoms in total. The van der Waals surface area contributed by atoms with Crippen LogP contribution in [-0.2, 0) is 11.2 Å². The summed E-state index contributed by atoms with van der Waals surface area (Å²) < 4.78 is 26.0. The molecule has 0 fully saturated rings. The van der Waals surface area contributed by atoms with Crippen LogP contribution in [0.3, 0.4) is 0 Å². The molecule has 0 bridgehead atoms. The largest absolute Gasteiger partial charge is 0.481 e. The van der Waals surface area contributed by atoms with E-state index in [2.05, 4.69) is 4.98 Å². The molecule has 15 heavy (non-hydrogen) atoms. The number of rotatable bonds is 3. The zero-order valence-electron chi connectivity index (χ0n) is 7.18. The van der Waals surface area contributed by atoms with Crippen molar-refractivity contribution in [3.05, 3.63) is 24.6 Å². The van der Waals surface area contributed by atoms with E-state index in [1.807, 2.05) is 22.6 Å². The first-order valence-corrected chi connectivity index (χ1v) is 5.92. The Hall–Kier alpha value is -0.0600. The van der Waals surface area contributed by atoms with Crippen molar-refractivity contribution in [1.29, 1.82) is 0 Å². The lowest BCUT2D eigenvalue weighted by molar-refractivity contribution is -0.136. The monoisotopic (exact) mass is 439 g/mol. The van der Waals surface area contributed by atoms with Crippen molar-refractivity contribution in [1.82, 2.24) is 4.98 Å². The molecule has 0 atom stereocenters. The van der Waals surface area contributed by atoms with E-state index >= 15 is 0 Å². The van der Waals surface area contributed by atoms with Crippen molar-refractivity contribution >= 4 is 51.2 Å². The molecule has 0 radical (unpaired) electrons. The third-order valence-corrected chi connectivity index (χ3v) is 4.55. The molecule has 82 valence electrons. The van der Waals surface area contributed by atoms with Crippen molar-refractivity contribution in [3.63, 3.8) is 0 Å². The number of nitrogens with zero attached hydrogens (tertiary/aromatic N) is 1. The Morgan fingerprint density at radius 3 is 2.60 bits per heavy atom. The van der Waals surface area contributed by atoms with Gasteiger partial charge in [0.15, 0.2) is 0 Å². The maximum atomic E-state index is 12.5. The molecule has 7 heteroatoms. The van der Waals surface area contributed by atoms with E-state index in [0.717, 1.165) is 0 Å². The van der Waals surface area contributed by atoms with Gasteiger partial charge < -0.3 is 5.11 Å². The fraction of sp³-hybridized carbons (Fsp3) is 0.250. The van der Waals surface area contributed by atoms with Crippen LogP contribution >= 0.6 is 45.2 Å². The van der Waals surface area contributed by atoms with Crippen molar-refractivity contribution in [2.75, 3.05) is 0 Å². The van der Waals surface area contributed by atoms with Gasteiger partial charge >= 0.3 is 5.97 Å². The second kappa shape index (κ2) is 5.32. The lowest BCUT2D eigenvalue weighted by Crippen LogP contribution is -2.07. The SMILES string of the molecule is O=C(O)Cc1cc(I)c(I)c(C(F)F)n1. The first kappa shape index (κ1) is 13.0. The van der Waals surface area contributed by atoms with E-state index in [1.54, 1.807) is 22.6 Å². The van der Waals surface area contributed by atoms with Crippen molar-refractivity contribution in [2.24, 2.45) is 0 Å². The van der Waals surface area contributed by atoms with Gasteiger partial charge in [-0.05, 0) is 51.2 Å². The Balaban J connectivity index is 3.17. The second-order valence-electron chi connectivity index (χ2n) is 2.67. The molecule has 0 spiro atoms. The minimum Gasteiger partial charge on any atom is -0.481 e. The molecule has 0 saturated heterocycles. The van der Waals surface area contributed by atoms with E-state index < -0.39 is 12.4 Å². The molecular weight excluding hydrogens is 434 g/mol. The molecule has 0 aliphatic heterocycles. The summed E-state index contributed by atoms with van der Waals surface area (Å²) in [4.78, 5) is 14.0. The molecule has 0 aliphatic carbocycles. The van der Waals surface area contributed by atoms with Crippen LogP contribution in [0.2, 0.25) is 0 Å². The number of halogens is 4. The second-order valence-corrected chi connectivity index (χ2v) is 4.91. The van der Waals surface area contributed by atoms with Crippen LogP contribution in [0.5, 0.6) is 0 Å². The molecule has 0 aliphatic rings. The molecule has 0 saturated carbocycles. The van der Waals surface area contributed by atoms with Crippen LogP contribution < -0.4 is 0 Å². The van der Waals surface area contributed by atoms with Gasteiger partial charge in [-0.15, -0.1) is 0 Å². The molecule has 0 amide bonds. The quantitative estimate of drug-likeness (QED) is 0.738. The molecule has 1 N–H and O–H groups in total. The maximum absolute atomic E-state index is 12.5. The van der Waals surface area contributed by atoms with Gasteiger partial charge in [0.05, 0.1) is 15.7 Å². The van der Waals surface area contributed by atoms with E-state index in [9.17, 15) is 13.6 Å². The molecule has 0 unspecified atom stereocenters. The maximum Gasteiger partial charge on any atom is 0.309 e. The van der Waals surface area contributed by atoms with Crippen LogP contribution in [-0.4, -0.2) is 16.1 Å². The van der Waals surface area contributed by atoms with E-state index in [0.29, 0.717) is 7.14 Å². The highest BCUT2D eigenvalue weighted by Crippen LogP contribution is 2.26. The molecule has 1 heterocycles. The Kier molecular flexibility index (Phi) is 4.62. The standard InChI is InChI=1S/C8H5F2I2NO2/c9-8(10)7-6(12)4(11)1-3(13-7)2-5(14)15/h1,8H,2H2,(H,14,15). The Bertz CT molecular complexity index is 398. The third-order valence-electron chi connectivity index (χ3n) is 1.53. The number of carboxylic acid groups (broad SMARTS) is 1. The zero-order valence-corrected chi connectivity index (χ0v) is 11.5. The molecule has 1 rings (SSSR count). The first-order valence-electron chi connectivity index (χ1n) is 3.76. The molecule has 0 aromatic carbocycles. The fourth-order valence-electron chi connectivity index (χ4n) is 0.958. The highest BCUT2D eigenvalue weighted by Gasteiger charge is 2.17. The van der Waals surface area contributed by atoms with Crippen LogP contribution in [0.4, 0.5) is 8.78 Å². The van der Waals surface area contributed by atoms with E-state index in [1.165, 1.54) is 6.07 Å².